The van der Waals surface area contributed by atoms with Gasteiger partial charge in [0.25, 0.3) is 0 Å². The van der Waals surface area contributed by atoms with Crippen molar-refractivity contribution in [3.8, 4) is 11.5 Å². The number of aryl methyl sites for hydroxylation is 2. The highest BCUT2D eigenvalue weighted by Crippen LogP contribution is 2.23. The van der Waals surface area contributed by atoms with E-state index in [2.05, 4.69) is 0 Å². The van der Waals surface area contributed by atoms with Crippen molar-refractivity contribution < 1.29 is 20.1 Å². The van der Waals surface area contributed by atoms with Crippen LogP contribution in [0, 0.1) is 0 Å². The molecule has 0 unspecified atom stereocenters. The van der Waals surface area contributed by atoms with Gasteiger partial charge in [-0.1, -0.05) is 37.1 Å². The zero-order valence-corrected chi connectivity index (χ0v) is 13.0. The minimum Gasteiger partial charge on any atom is -0.508 e. The summed E-state index contributed by atoms with van der Waals surface area (Å²) < 4.78 is 0. The fraction of sp³-hybridized carbons (Fsp3) is 0.316. The van der Waals surface area contributed by atoms with Gasteiger partial charge in [0.15, 0.2) is 0 Å². The average molecular weight is 314 g/mol. The van der Waals surface area contributed by atoms with Gasteiger partial charge in [-0.3, -0.25) is 0 Å². The molecule has 0 saturated carbocycles. The first-order valence-corrected chi connectivity index (χ1v) is 7.90. The maximum atomic E-state index is 11.2. The van der Waals surface area contributed by atoms with E-state index in [1.165, 1.54) is 11.6 Å². The number of carbonyl (C=O) groups is 1. The molecule has 0 atom stereocenters. The van der Waals surface area contributed by atoms with E-state index in [-0.39, 0.29) is 17.1 Å². The van der Waals surface area contributed by atoms with Crippen LogP contribution in [0.4, 0.5) is 0 Å². The highest BCUT2D eigenvalue weighted by molar-refractivity contribution is 5.92. The molecule has 2 aromatic rings. The average Bonchev–Trinajstić information content (AvgIpc) is 2.52. The first-order chi connectivity index (χ1) is 11.1. The first kappa shape index (κ1) is 16.9. The number of rotatable bonds is 8. The lowest BCUT2D eigenvalue weighted by Crippen LogP contribution is -2.03. The predicted molar refractivity (Wildman–Crippen MR) is 89.0 cm³/mol. The number of hydrogen-bond donors (Lipinski definition) is 3. The standard InChI is InChI=1S/C19H22O4/c20-16-12-10-14(11-13-16)6-3-1-2-4-7-15-8-5-9-17(21)18(15)19(22)23/h5,8-13,20-21H,1-4,6-7H2,(H,22,23). The lowest BCUT2D eigenvalue weighted by molar-refractivity contribution is 0.0692. The van der Waals surface area contributed by atoms with E-state index in [0.717, 1.165) is 32.1 Å². The van der Waals surface area contributed by atoms with Gasteiger partial charge in [-0.2, -0.15) is 0 Å². The Labute approximate surface area is 136 Å². The molecule has 4 heteroatoms. The van der Waals surface area contributed by atoms with Crippen molar-refractivity contribution >= 4 is 5.97 Å². The van der Waals surface area contributed by atoms with Crippen LogP contribution in [0.15, 0.2) is 42.5 Å². The van der Waals surface area contributed by atoms with Gasteiger partial charge >= 0.3 is 5.97 Å². The van der Waals surface area contributed by atoms with Crippen LogP contribution >= 0.6 is 0 Å². The van der Waals surface area contributed by atoms with Crippen LogP contribution < -0.4 is 0 Å². The Morgan fingerprint density at radius 1 is 0.826 bits per heavy atom. The van der Waals surface area contributed by atoms with Crippen LogP contribution in [0.1, 0.15) is 47.2 Å². The van der Waals surface area contributed by atoms with Crippen molar-refractivity contribution in [2.75, 3.05) is 0 Å². The number of unbranched alkanes of at least 4 members (excludes halogenated alkanes) is 3. The number of phenols is 2. The topological polar surface area (TPSA) is 77.8 Å². The van der Waals surface area contributed by atoms with E-state index in [0.29, 0.717) is 12.0 Å². The van der Waals surface area contributed by atoms with Gasteiger partial charge in [-0.15, -0.1) is 0 Å². The molecule has 3 N–H and O–H groups in total. The molecular formula is C19H22O4. The molecule has 0 amide bonds. The van der Waals surface area contributed by atoms with Crippen molar-refractivity contribution in [1.29, 1.82) is 0 Å². The number of aromatic hydroxyl groups is 2. The molecule has 0 fully saturated rings. The molecule has 0 heterocycles. The monoisotopic (exact) mass is 314 g/mol. The van der Waals surface area contributed by atoms with Crippen molar-refractivity contribution in [1.82, 2.24) is 0 Å². The maximum absolute atomic E-state index is 11.2. The van der Waals surface area contributed by atoms with E-state index < -0.39 is 5.97 Å². The summed E-state index contributed by atoms with van der Waals surface area (Å²) in [4.78, 5) is 11.2. The number of hydrogen-bond acceptors (Lipinski definition) is 3. The van der Waals surface area contributed by atoms with Gasteiger partial charge in [-0.05, 0) is 55.0 Å². The second kappa shape index (κ2) is 8.22. The molecule has 0 bridgehead atoms. The van der Waals surface area contributed by atoms with Crippen molar-refractivity contribution in [2.24, 2.45) is 0 Å². The number of carboxylic acid groups (broad SMARTS) is 1. The second-order valence-electron chi connectivity index (χ2n) is 5.70. The minimum absolute atomic E-state index is 0.0246. The van der Waals surface area contributed by atoms with Gasteiger partial charge in [0, 0.05) is 0 Å². The van der Waals surface area contributed by atoms with E-state index in [9.17, 15) is 15.0 Å². The Morgan fingerprint density at radius 2 is 1.48 bits per heavy atom. The van der Waals surface area contributed by atoms with Gasteiger partial charge in [0.2, 0.25) is 0 Å². The maximum Gasteiger partial charge on any atom is 0.339 e. The summed E-state index contributed by atoms with van der Waals surface area (Å²) in [5, 5.41) is 28.0. The molecule has 0 aliphatic carbocycles. The number of benzene rings is 2. The fourth-order valence-corrected chi connectivity index (χ4v) is 2.70. The fourth-order valence-electron chi connectivity index (χ4n) is 2.70. The molecule has 0 aliphatic rings. The third-order valence-electron chi connectivity index (χ3n) is 3.94. The zero-order chi connectivity index (χ0) is 16.7. The SMILES string of the molecule is O=C(O)c1c(O)cccc1CCCCCCc1ccc(O)cc1. The van der Waals surface area contributed by atoms with Crippen LogP contribution in [-0.4, -0.2) is 21.3 Å². The summed E-state index contributed by atoms with van der Waals surface area (Å²) in [6.45, 7) is 0. The number of aromatic carboxylic acids is 1. The van der Waals surface area contributed by atoms with Crippen LogP contribution in [-0.2, 0) is 12.8 Å². The van der Waals surface area contributed by atoms with Crippen molar-refractivity contribution in [3.05, 3.63) is 59.2 Å². The van der Waals surface area contributed by atoms with Crippen LogP contribution in [0.2, 0.25) is 0 Å². The van der Waals surface area contributed by atoms with Gasteiger partial charge in [0.05, 0.1) is 0 Å². The molecule has 0 aromatic heterocycles. The summed E-state index contributed by atoms with van der Waals surface area (Å²) in [6, 6.07) is 12.1. The Morgan fingerprint density at radius 3 is 2.13 bits per heavy atom. The van der Waals surface area contributed by atoms with Crippen LogP contribution in [0.5, 0.6) is 11.5 Å². The van der Waals surface area contributed by atoms with Crippen LogP contribution in [0.3, 0.4) is 0 Å². The Kier molecular flexibility index (Phi) is 6.03. The molecule has 0 radical (unpaired) electrons. The Balaban J connectivity index is 1.73. The Bertz CT molecular complexity index is 647. The summed E-state index contributed by atoms with van der Waals surface area (Å²) >= 11 is 0. The van der Waals surface area contributed by atoms with Gasteiger partial charge in [0.1, 0.15) is 17.1 Å². The molecule has 4 nitrogen and oxygen atoms in total. The van der Waals surface area contributed by atoms with Gasteiger partial charge in [-0.25, -0.2) is 4.79 Å². The molecule has 2 rings (SSSR count). The van der Waals surface area contributed by atoms with Crippen LogP contribution in [0.25, 0.3) is 0 Å². The molecule has 0 aliphatic heterocycles. The molecular weight excluding hydrogens is 292 g/mol. The Hall–Kier alpha value is -2.49. The van der Waals surface area contributed by atoms with Crippen molar-refractivity contribution in [3.63, 3.8) is 0 Å². The highest BCUT2D eigenvalue weighted by atomic mass is 16.4. The smallest absolute Gasteiger partial charge is 0.339 e. The van der Waals surface area contributed by atoms with Gasteiger partial charge < -0.3 is 15.3 Å². The lowest BCUT2D eigenvalue weighted by atomic mass is 9.99. The van der Waals surface area contributed by atoms with E-state index >= 15 is 0 Å². The van der Waals surface area contributed by atoms with Crippen molar-refractivity contribution in [2.45, 2.75) is 38.5 Å². The lowest BCUT2D eigenvalue weighted by Gasteiger charge is -2.08. The second-order valence-corrected chi connectivity index (χ2v) is 5.70. The highest BCUT2D eigenvalue weighted by Gasteiger charge is 2.14. The summed E-state index contributed by atoms with van der Waals surface area (Å²) in [5.74, 6) is -0.957. The number of carboxylic acids is 1. The van der Waals surface area contributed by atoms with E-state index in [1.54, 1.807) is 24.3 Å². The van der Waals surface area contributed by atoms with E-state index in [4.69, 9.17) is 5.11 Å². The summed E-state index contributed by atoms with van der Waals surface area (Å²) in [6.07, 6.45) is 5.70. The molecule has 23 heavy (non-hydrogen) atoms. The third kappa shape index (κ3) is 5.02. The third-order valence-corrected chi connectivity index (χ3v) is 3.94. The zero-order valence-electron chi connectivity index (χ0n) is 13.0. The summed E-state index contributed by atoms with van der Waals surface area (Å²) in [5.41, 5.74) is 1.93. The molecule has 0 spiro atoms. The normalized spacial score (nSPS) is 10.6. The number of phenolic OH excluding ortho intramolecular Hbond substituents is 1. The largest absolute Gasteiger partial charge is 0.508 e. The molecule has 2 aromatic carbocycles. The quantitative estimate of drug-likeness (QED) is 0.640. The van der Waals surface area contributed by atoms with E-state index in [1.807, 2.05) is 12.1 Å². The minimum atomic E-state index is -1.08. The summed E-state index contributed by atoms with van der Waals surface area (Å²) in [7, 11) is 0. The predicted octanol–water partition coefficient (Wildman–Crippen LogP) is 4.14. The molecule has 122 valence electrons. The first-order valence-electron chi connectivity index (χ1n) is 7.90. The molecule has 0 saturated heterocycles.